The Morgan fingerprint density at radius 1 is 1.20 bits per heavy atom. The zero-order valence-electron chi connectivity index (χ0n) is 9.66. The summed E-state index contributed by atoms with van der Waals surface area (Å²) in [6.45, 7) is 6.03. The summed E-state index contributed by atoms with van der Waals surface area (Å²) in [6, 6.07) is 0. The molecule has 15 heavy (non-hydrogen) atoms. The van der Waals surface area contributed by atoms with E-state index in [0.717, 1.165) is 12.8 Å². The van der Waals surface area contributed by atoms with Crippen molar-refractivity contribution in [1.82, 2.24) is 0 Å². The van der Waals surface area contributed by atoms with Crippen molar-refractivity contribution in [3.63, 3.8) is 0 Å². The van der Waals surface area contributed by atoms with E-state index in [0.29, 0.717) is 5.92 Å². The van der Waals surface area contributed by atoms with Gasteiger partial charge in [-0.1, -0.05) is 27.2 Å². The molecule has 0 rings (SSSR count). The monoisotopic (exact) mass is 216 g/mol. The molecule has 0 aliphatic rings. The van der Waals surface area contributed by atoms with Crippen LogP contribution in [0.25, 0.3) is 0 Å². The van der Waals surface area contributed by atoms with Crippen LogP contribution in [-0.2, 0) is 14.3 Å². The maximum Gasteiger partial charge on any atom is 0.306 e. The maximum absolute atomic E-state index is 11.3. The van der Waals surface area contributed by atoms with Crippen LogP contribution in [0.2, 0.25) is 0 Å². The van der Waals surface area contributed by atoms with Gasteiger partial charge in [0.2, 0.25) is 0 Å². The standard InChI is InChI=1S/C11H20O4/c1-4-8(3)9(5-2)15-11(14)7-6-10(12)13/h8-9H,4-7H2,1-3H3,(H,12,13). The first-order valence-corrected chi connectivity index (χ1v) is 5.42. The highest BCUT2D eigenvalue weighted by Gasteiger charge is 2.18. The molecule has 0 aromatic carbocycles. The van der Waals surface area contributed by atoms with E-state index in [1.165, 1.54) is 0 Å². The highest BCUT2D eigenvalue weighted by molar-refractivity contribution is 5.76. The van der Waals surface area contributed by atoms with Gasteiger partial charge < -0.3 is 9.84 Å². The normalized spacial score (nSPS) is 14.3. The van der Waals surface area contributed by atoms with Gasteiger partial charge in [0.15, 0.2) is 0 Å². The number of esters is 1. The minimum absolute atomic E-state index is 0.0394. The molecule has 0 heterocycles. The van der Waals surface area contributed by atoms with Crippen molar-refractivity contribution >= 4 is 11.9 Å². The molecule has 4 nitrogen and oxygen atoms in total. The second-order valence-corrected chi connectivity index (χ2v) is 3.72. The lowest BCUT2D eigenvalue weighted by molar-refractivity contribution is -0.154. The van der Waals surface area contributed by atoms with E-state index >= 15 is 0 Å². The van der Waals surface area contributed by atoms with Crippen LogP contribution in [0, 0.1) is 5.92 Å². The first kappa shape index (κ1) is 13.9. The van der Waals surface area contributed by atoms with E-state index in [4.69, 9.17) is 9.84 Å². The number of carbonyl (C=O) groups excluding carboxylic acids is 1. The Bertz CT molecular complexity index is 213. The molecule has 0 amide bonds. The summed E-state index contributed by atoms with van der Waals surface area (Å²) >= 11 is 0. The van der Waals surface area contributed by atoms with Gasteiger partial charge in [-0.2, -0.15) is 0 Å². The van der Waals surface area contributed by atoms with E-state index in [1.54, 1.807) is 0 Å². The Kier molecular flexibility index (Phi) is 6.75. The minimum atomic E-state index is -0.969. The number of ether oxygens (including phenoxy) is 1. The summed E-state index contributed by atoms with van der Waals surface area (Å²) in [6.07, 6.45) is 1.44. The van der Waals surface area contributed by atoms with E-state index in [2.05, 4.69) is 0 Å². The van der Waals surface area contributed by atoms with Crippen LogP contribution >= 0.6 is 0 Å². The molecule has 0 aliphatic heterocycles. The van der Waals surface area contributed by atoms with Gasteiger partial charge in [-0.25, -0.2) is 0 Å². The van der Waals surface area contributed by atoms with E-state index in [-0.39, 0.29) is 18.9 Å². The predicted molar refractivity (Wildman–Crippen MR) is 56.5 cm³/mol. The first-order chi connectivity index (χ1) is 7.01. The zero-order chi connectivity index (χ0) is 11.8. The Balaban J connectivity index is 3.96. The Labute approximate surface area is 90.6 Å². The minimum Gasteiger partial charge on any atom is -0.481 e. The molecule has 0 aromatic rings. The number of hydrogen-bond acceptors (Lipinski definition) is 3. The second kappa shape index (κ2) is 7.26. The van der Waals surface area contributed by atoms with Crippen LogP contribution in [0.15, 0.2) is 0 Å². The number of carbonyl (C=O) groups is 2. The molecule has 88 valence electrons. The zero-order valence-corrected chi connectivity index (χ0v) is 9.66. The number of rotatable bonds is 7. The van der Waals surface area contributed by atoms with Gasteiger partial charge in [-0.3, -0.25) is 9.59 Å². The lowest BCUT2D eigenvalue weighted by Gasteiger charge is -2.21. The van der Waals surface area contributed by atoms with Gasteiger partial charge in [0.05, 0.1) is 12.8 Å². The van der Waals surface area contributed by atoms with E-state index < -0.39 is 11.9 Å². The first-order valence-electron chi connectivity index (χ1n) is 5.42. The fourth-order valence-electron chi connectivity index (χ4n) is 1.30. The van der Waals surface area contributed by atoms with Gasteiger partial charge in [0.25, 0.3) is 0 Å². The van der Waals surface area contributed by atoms with Crippen molar-refractivity contribution in [2.24, 2.45) is 5.92 Å². The lowest BCUT2D eigenvalue weighted by atomic mass is 10.00. The van der Waals surface area contributed by atoms with E-state index in [1.807, 2.05) is 20.8 Å². The fourth-order valence-corrected chi connectivity index (χ4v) is 1.30. The average molecular weight is 216 g/mol. The predicted octanol–water partition coefficient (Wildman–Crippen LogP) is 2.22. The molecule has 0 fully saturated rings. The molecule has 0 spiro atoms. The summed E-state index contributed by atoms with van der Waals surface area (Å²) in [4.78, 5) is 21.5. The maximum atomic E-state index is 11.3. The Hall–Kier alpha value is -1.06. The molecule has 0 saturated heterocycles. The fraction of sp³-hybridized carbons (Fsp3) is 0.818. The molecule has 0 radical (unpaired) electrons. The van der Waals surface area contributed by atoms with E-state index in [9.17, 15) is 9.59 Å². The summed E-state index contributed by atoms with van der Waals surface area (Å²) in [5.74, 6) is -1.06. The van der Waals surface area contributed by atoms with Gasteiger partial charge in [-0.15, -0.1) is 0 Å². The molecule has 4 heteroatoms. The number of carboxylic acid groups (broad SMARTS) is 1. The van der Waals surface area contributed by atoms with Crippen molar-refractivity contribution in [2.45, 2.75) is 52.6 Å². The van der Waals surface area contributed by atoms with Crippen molar-refractivity contribution in [3.8, 4) is 0 Å². The summed E-state index contributed by atoms with van der Waals surface area (Å²) in [5.41, 5.74) is 0. The van der Waals surface area contributed by atoms with Gasteiger partial charge in [0.1, 0.15) is 6.10 Å². The van der Waals surface area contributed by atoms with Gasteiger partial charge in [-0.05, 0) is 12.3 Å². The quantitative estimate of drug-likeness (QED) is 0.663. The van der Waals surface area contributed by atoms with Crippen LogP contribution in [0.4, 0.5) is 0 Å². The number of hydrogen-bond donors (Lipinski definition) is 1. The highest BCUT2D eigenvalue weighted by atomic mass is 16.5. The Morgan fingerprint density at radius 2 is 1.80 bits per heavy atom. The SMILES string of the molecule is CCC(C)C(CC)OC(=O)CCC(=O)O. The molecule has 0 saturated carbocycles. The van der Waals surface area contributed by atoms with Crippen LogP contribution in [-0.4, -0.2) is 23.1 Å². The smallest absolute Gasteiger partial charge is 0.306 e. The third-order valence-corrected chi connectivity index (χ3v) is 2.51. The number of aliphatic carboxylic acids is 1. The molecule has 2 unspecified atom stereocenters. The molecular weight excluding hydrogens is 196 g/mol. The van der Waals surface area contributed by atoms with Crippen molar-refractivity contribution in [1.29, 1.82) is 0 Å². The third-order valence-electron chi connectivity index (χ3n) is 2.51. The number of carboxylic acids is 1. The highest BCUT2D eigenvalue weighted by Crippen LogP contribution is 2.15. The van der Waals surface area contributed by atoms with Crippen LogP contribution in [0.1, 0.15) is 46.5 Å². The van der Waals surface area contributed by atoms with Crippen LogP contribution < -0.4 is 0 Å². The lowest BCUT2D eigenvalue weighted by Crippen LogP contribution is -2.24. The van der Waals surface area contributed by atoms with Crippen molar-refractivity contribution < 1.29 is 19.4 Å². The van der Waals surface area contributed by atoms with Crippen LogP contribution in [0.3, 0.4) is 0 Å². The van der Waals surface area contributed by atoms with Crippen LogP contribution in [0.5, 0.6) is 0 Å². The van der Waals surface area contributed by atoms with Crippen molar-refractivity contribution in [3.05, 3.63) is 0 Å². The summed E-state index contributed by atoms with van der Waals surface area (Å²) in [5, 5.41) is 8.40. The average Bonchev–Trinajstić information content (AvgIpc) is 2.21. The van der Waals surface area contributed by atoms with Gasteiger partial charge in [0, 0.05) is 0 Å². The largest absolute Gasteiger partial charge is 0.481 e. The molecular formula is C11H20O4. The molecule has 0 aliphatic carbocycles. The Morgan fingerprint density at radius 3 is 2.20 bits per heavy atom. The molecule has 0 aromatic heterocycles. The van der Waals surface area contributed by atoms with Gasteiger partial charge >= 0.3 is 11.9 Å². The topological polar surface area (TPSA) is 63.6 Å². The molecule has 1 N–H and O–H groups in total. The molecule has 0 bridgehead atoms. The van der Waals surface area contributed by atoms with Crippen molar-refractivity contribution in [2.75, 3.05) is 0 Å². The second-order valence-electron chi connectivity index (χ2n) is 3.72. The summed E-state index contributed by atoms with van der Waals surface area (Å²) < 4.78 is 5.20. The molecule has 2 atom stereocenters. The third kappa shape index (κ3) is 6.10. The summed E-state index contributed by atoms with van der Waals surface area (Å²) in [7, 11) is 0.